The van der Waals surface area contributed by atoms with Gasteiger partial charge in [0.15, 0.2) is 0 Å². The maximum atomic E-state index is 12.4. The number of fused-ring (bicyclic) bond motifs is 1. The minimum Gasteiger partial charge on any atom is -0.372 e. The average Bonchev–Trinajstić information content (AvgIpc) is 3.03. The normalized spacial score (nSPS) is 24.0. The molecule has 132 valence electrons. The third-order valence-corrected chi connectivity index (χ3v) is 6.17. The van der Waals surface area contributed by atoms with E-state index in [-0.39, 0.29) is 29.4 Å². The first-order valence-electron chi connectivity index (χ1n) is 8.10. The molecule has 2 aliphatic heterocycles. The number of amides is 1. The highest BCUT2D eigenvalue weighted by Crippen LogP contribution is 2.23. The molecule has 1 saturated heterocycles. The molecule has 1 aromatic carbocycles. The van der Waals surface area contributed by atoms with Gasteiger partial charge in [0, 0.05) is 25.2 Å². The number of hydrogen-bond donors (Lipinski definition) is 2. The van der Waals surface area contributed by atoms with Gasteiger partial charge in [0.05, 0.1) is 24.7 Å². The van der Waals surface area contributed by atoms with Crippen LogP contribution in [0.25, 0.3) is 0 Å². The van der Waals surface area contributed by atoms with Crippen LogP contribution < -0.4 is 10.0 Å². The van der Waals surface area contributed by atoms with Crippen molar-refractivity contribution in [2.24, 2.45) is 0 Å². The predicted molar refractivity (Wildman–Crippen MR) is 88.8 cm³/mol. The standard InChI is InChI=1S/C16H23N3O4S/c1-11-12(2)19(6-5-17-11)16(20)8-18-24(21,22)15-4-3-13-9-23-10-14(13)7-15/h3-4,7,11-12,17-18H,5-6,8-10H2,1-2H3. The molecule has 1 aromatic rings. The monoisotopic (exact) mass is 353 g/mol. The summed E-state index contributed by atoms with van der Waals surface area (Å²) in [5.41, 5.74) is 1.89. The molecule has 1 fully saturated rings. The molecule has 0 spiro atoms. The van der Waals surface area contributed by atoms with Crippen molar-refractivity contribution in [2.75, 3.05) is 19.6 Å². The lowest BCUT2D eigenvalue weighted by molar-refractivity contribution is -0.133. The van der Waals surface area contributed by atoms with Gasteiger partial charge in [-0.25, -0.2) is 13.1 Å². The summed E-state index contributed by atoms with van der Waals surface area (Å²) in [7, 11) is -3.72. The van der Waals surface area contributed by atoms with Gasteiger partial charge in [-0.1, -0.05) is 6.07 Å². The lowest BCUT2D eigenvalue weighted by Crippen LogP contribution is -2.58. The van der Waals surface area contributed by atoms with Gasteiger partial charge in [-0.3, -0.25) is 4.79 Å². The largest absolute Gasteiger partial charge is 0.372 e. The molecule has 24 heavy (non-hydrogen) atoms. The van der Waals surface area contributed by atoms with Gasteiger partial charge in [0.1, 0.15) is 0 Å². The van der Waals surface area contributed by atoms with E-state index >= 15 is 0 Å². The summed E-state index contributed by atoms with van der Waals surface area (Å²) in [4.78, 5) is 14.3. The Morgan fingerprint density at radius 3 is 2.88 bits per heavy atom. The highest BCUT2D eigenvalue weighted by Gasteiger charge is 2.29. The summed E-state index contributed by atoms with van der Waals surface area (Å²) in [6, 6.07) is 5.16. The topological polar surface area (TPSA) is 87.7 Å². The van der Waals surface area contributed by atoms with Crippen LogP contribution in [0.5, 0.6) is 0 Å². The third kappa shape index (κ3) is 3.46. The van der Waals surface area contributed by atoms with Crippen molar-refractivity contribution in [2.45, 2.75) is 44.0 Å². The molecule has 0 aliphatic carbocycles. The molecule has 0 aromatic heterocycles. The van der Waals surface area contributed by atoms with Crippen molar-refractivity contribution in [3.63, 3.8) is 0 Å². The van der Waals surface area contributed by atoms with E-state index < -0.39 is 10.0 Å². The summed E-state index contributed by atoms with van der Waals surface area (Å²) < 4.78 is 32.6. The Morgan fingerprint density at radius 1 is 1.33 bits per heavy atom. The molecule has 3 rings (SSSR count). The molecule has 0 saturated carbocycles. The van der Waals surface area contributed by atoms with Crippen LogP contribution in [0.1, 0.15) is 25.0 Å². The molecular formula is C16H23N3O4S. The number of benzene rings is 1. The van der Waals surface area contributed by atoms with Crippen molar-refractivity contribution in [3.05, 3.63) is 29.3 Å². The number of sulfonamides is 1. The zero-order chi connectivity index (χ0) is 17.3. The molecular weight excluding hydrogens is 330 g/mol. The molecule has 8 heteroatoms. The fraction of sp³-hybridized carbons (Fsp3) is 0.562. The van der Waals surface area contributed by atoms with E-state index in [0.717, 1.165) is 17.7 Å². The quantitative estimate of drug-likeness (QED) is 0.808. The van der Waals surface area contributed by atoms with Gasteiger partial charge in [-0.15, -0.1) is 0 Å². The fourth-order valence-corrected chi connectivity index (χ4v) is 4.09. The van der Waals surface area contributed by atoms with E-state index in [9.17, 15) is 13.2 Å². The van der Waals surface area contributed by atoms with Crippen molar-refractivity contribution < 1.29 is 17.9 Å². The first-order chi connectivity index (χ1) is 11.4. The third-order valence-electron chi connectivity index (χ3n) is 4.77. The van der Waals surface area contributed by atoms with E-state index in [1.54, 1.807) is 23.1 Å². The van der Waals surface area contributed by atoms with Gasteiger partial charge in [0.2, 0.25) is 15.9 Å². The first kappa shape index (κ1) is 17.3. The lowest BCUT2D eigenvalue weighted by Gasteiger charge is -2.38. The SMILES string of the molecule is CC1NCCN(C(=O)CNS(=O)(=O)c2ccc3c(c2)COC3)C1C. The maximum absolute atomic E-state index is 12.4. The van der Waals surface area contributed by atoms with Crippen LogP contribution in [-0.4, -0.2) is 50.9 Å². The molecule has 2 aliphatic rings. The van der Waals surface area contributed by atoms with E-state index in [4.69, 9.17) is 4.74 Å². The number of piperazine rings is 1. The summed E-state index contributed by atoms with van der Waals surface area (Å²) in [5.74, 6) is -0.205. The highest BCUT2D eigenvalue weighted by molar-refractivity contribution is 7.89. The number of carbonyl (C=O) groups excluding carboxylic acids is 1. The minimum absolute atomic E-state index is 0.0351. The Morgan fingerprint density at radius 2 is 2.08 bits per heavy atom. The van der Waals surface area contributed by atoms with E-state index in [1.165, 1.54) is 0 Å². The van der Waals surface area contributed by atoms with Crippen LogP contribution in [0.2, 0.25) is 0 Å². The molecule has 0 bridgehead atoms. The minimum atomic E-state index is -3.72. The smallest absolute Gasteiger partial charge is 0.241 e. The van der Waals surface area contributed by atoms with Gasteiger partial charge < -0.3 is 15.0 Å². The molecule has 2 unspecified atom stereocenters. The number of rotatable bonds is 4. The lowest BCUT2D eigenvalue weighted by atomic mass is 10.1. The van der Waals surface area contributed by atoms with Crippen LogP contribution in [0.4, 0.5) is 0 Å². The average molecular weight is 353 g/mol. The number of nitrogens with one attached hydrogen (secondary N) is 2. The van der Waals surface area contributed by atoms with Crippen molar-refractivity contribution in [3.8, 4) is 0 Å². The summed E-state index contributed by atoms with van der Waals surface area (Å²) in [6.07, 6.45) is 0. The van der Waals surface area contributed by atoms with Crippen LogP contribution in [0.3, 0.4) is 0 Å². The molecule has 2 heterocycles. The first-order valence-corrected chi connectivity index (χ1v) is 9.59. The molecule has 2 N–H and O–H groups in total. The predicted octanol–water partition coefficient (Wildman–Crippen LogP) is 0.204. The number of hydrogen-bond acceptors (Lipinski definition) is 5. The summed E-state index contributed by atoms with van der Waals surface area (Å²) in [6.45, 7) is 5.99. The van der Waals surface area contributed by atoms with E-state index in [2.05, 4.69) is 10.0 Å². The zero-order valence-corrected chi connectivity index (χ0v) is 14.7. The molecule has 0 radical (unpaired) electrons. The van der Waals surface area contributed by atoms with Crippen LogP contribution in [0, 0.1) is 0 Å². The van der Waals surface area contributed by atoms with Crippen molar-refractivity contribution in [1.29, 1.82) is 0 Å². The number of nitrogens with zero attached hydrogens (tertiary/aromatic N) is 1. The second-order valence-corrected chi connectivity index (χ2v) is 8.09. The second-order valence-electron chi connectivity index (χ2n) is 6.32. The van der Waals surface area contributed by atoms with Crippen LogP contribution >= 0.6 is 0 Å². The fourth-order valence-electron chi connectivity index (χ4n) is 3.07. The summed E-state index contributed by atoms with van der Waals surface area (Å²) >= 11 is 0. The Hall–Kier alpha value is -1.48. The maximum Gasteiger partial charge on any atom is 0.241 e. The van der Waals surface area contributed by atoms with E-state index in [1.807, 2.05) is 13.8 Å². The second kappa shape index (κ2) is 6.79. The molecule has 7 nitrogen and oxygen atoms in total. The van der Waals surface area contributed by atoms with Crippen molar-refractivity contribution in [1.82, 2.24) is 14.9 Å². The van der Waals surface area contributed by atoms with Gasteiger partial charge in [-0.05, 0) is 37.1 Å². The highest BCUT2D eigenvalue weighted by atomic mass is 32.2. The Labute approximate surface area is 142 Å². The number of ether oxygens (including phenoxy) is 1. The van der Waals surface area contributed by atoms with Gasteiger partial charge >= 0.3 is 0 Å². The van der Waals surface area contributed by atoms with Gasteiger partial charge in [0.25, 0.3) is 0 Å². The Kier molecular flexibility index (Phi) is 4.91. The zero-order valence-electron chi connectivity index (χ0n) is 13.9. The summed E-state index contributed by atoms with van der Waals surface area (Å²) in [5, 5.41) is 3.29. The Balaban J connectivity index is 1.66. The number of carbonyl (C=O) groups is 1. The van der Waals surface area contributed by atoms with Crippen LogP contribution in [0.15, 0.2) is 23.1 Å². The van der Waals surface area contributed by atoms with Crippen LogP contribution in [-0.2, 0) is 32.8 Å². The van der Waals surface area contributed by atoms with Gasteiger partial charge in [-0.2, -0.15) is 0 Å². The Bertz CT molecular complexity index is 735. The van der Waals surface area contributed by atoms with E-state index in [0.29, 0.717) is 19.8 Å². The molecule has 1 amide bonds. The molecule has 2 atom stereocenters. The van der Waals surface area contributed by atoms with Crippen molar-refractivity contribution >= 4 is 15.9 Å².